The van der Waals surface area contributed by atoms with Crippen LogP contribution < -0.4 is 10.2 Å². The molecule has 29 heavy (non-hydrogen) atoms. The third kappa shape index (κ3) is 4.44. The van der Waals surface area contributed by atoms with Crippen LogP contribution in [-0.2, 0) is 19.6 Å². The number of carbonyl (C=O) groups excluding carboxylic acids is 2. The lowest BCUT2D eigenvalue weighted by Gasteiger charge is -2.47. The highest BCUT2D eigenvalue weighted by Crippen LogP contribution is 2.35. The maximum atomic E-state index is 13.4. The van der Waals surface area contributed by atoms with E-state index in [1.54, 1.807) is 32.0 Å². The van der Waals surface area contributed by atoms with Gasteiger partial charge in [-0.15, -0.1) is 0 Å². The summed E-state index contributed by atoms with van der Waals surface area (Å²) in [4.78, 5) is 28.0. The molecule has 9 heteroatoms. The molecule has 1 aliphatic heterocycles. The summed E-state index contributed by atoms with van der Waals surface area (Å²) in [5.74, 6) is -0.793. The number of anilines is 1. The van der Waals surface area contributed by atoms with Gasteiger partial charge in [-0.05, 0) is 44.4 Å². The van der Waals surface area contributed by atoms with Crippen LogP contribution in [0.25, 0.3) is 0 Å². The highest BCUT2D eigenvalue weighted by molar-refractivity contribution is 7.88. The van der Waals surface area contributed by atoms with Crippen LogP contribution in [0, 0.1) is 6.92 Å². The molecule has 1 heterocycles. The lowest BCUT2D eigenvalue weighted by atomic mass is 9.91. The molecule has 2 amide bonds. The molecule has 1 aliphatic carbocycles. The molecule has 1 saturated heterocycles. The highest BCUT2D eigenvalue weighted by atomic mass is 35.5. The van der Waals surface area contributed by atoms with Gasteiger partial charge in [0.1, 0.15) is 5.54 Å². The van der Waals surface area contributed by atoms with Crippen LogP contribution in [0.5, 0.6) is 0 Å². The molecule has 0 spiro atoms. The van der Waals surface area contributed by atoms with Gasteiger partial charge in [0.2, 0.25) is 21.8 Å². The third-order valence-corrected chi connectivity index (χ3v) is 7.52. The first-order valence-corrected chi connectivity index (χ1v) is 12.1. The number of sulfonamides is 1. The van der Waals surface area contributed by atoms with E-state index >= 15 is 0 Å². The van der Waals surface area contributed by atoms with Gasteiger partial charge in [0.25, 0.3) is 0 Å². The molecule has 0 bridgehead atoms. The Bertz CT molecular complexity index is 914. The molecule has 1 atom stereocenters. The smallest absolute Gasteiger partial charge is 0.247 e. The Labute approximate surface area is 177 Å². The fourth-order valence-corrected chi connectivity index (χ4v) is 5.20. The Morgan fingerprint density at radius 3 is 2.52 bits per heavy atom. The van der Waals surface area contributed by atoms with Crippen molar-refractivity contribution in [2.24, 2.45) is 0 Å². The van der Waals surface area contributed by atoms with Crippen molar-refractivity contribution in [2.75, 3.05) is 24.2 Å². The van der Waals surface area contributed by atoms with E-state index in [1.807, 2.05) is 0 Å². The first-order chi connectivity index (χ1) is 13.5. The fraction of sp³-hybridized carbons (Fsp3) is 0.600. The van der Waals surface area contributed by atoms with Crippen molar-refractivity contribution in [3.8, 4) is 0 Å². The van der Waals surface area contributed by atoms with Gasteiger partial charge in [-0.3, -0.25) is 14.5 Å². The minimum atomic E-state index is -3.64. The summed E-state index contributed by atoms with van der Waals surface area (Å²) in [7, 11) is -3.64. The van der Waals surface area contributed by atoms with Crippen LogP contribution in [0.3, 0.4) is 0 Å². The summed E-state index contributed by atoms with van der Waals surface area (Å²) >= 11 is 6.27. The topological polar surface area (TPSA) is 86.8 Å². The normalized spacial score (nSPS) is 24.6. The lowest BCUT2D eigenvalue weighted by Crippen LogP contribution is -2.70. The number of rotatable bonds is 4. The number of hydrogen-bond donors (Lipinski definition) is 1. The predicted molar refractivity (Wildman–Crippen MR) is 114 cm³/mol. The van der Waals surface area contributed by atoms with Crippen LogP contribution in [0.1, 0.15) is 44.6 Å². The van der Waals surface area contributed by atoms with E-state index in [2.05, 4.69) is 5.32 Å². The predicted octanol–water partition coefficient (Wildman–Crippen LogP) is 2.46. The fourth-order valence-electron chi connectivity index (χ4n) is 4.20. The van der Waals surface area contributed by atoms with E-state index in [4.69, 9.17) is 11.6 Å². The molecule has 0 unspecified atom stereocenters. The van der Waals surface area contributed by atoms with Crippen LogP contribution in [0.2, 0.25) is 5.02 Å². The maximum absolute atomic E-state index is 13.4. The minimum Gasteiger partial charge on any atom is -0.351 e. The van der Waals surface area contributed by atoms with Gasteiger partial charge in [-0.25, -0.2) is 8.42 Å². The number of benzene rings is 1. The van der Waals surface area contributed by atoms with Crippen LogP contribution >= 0.6 is 11.6 Å². The molecule has 2 aliphatic rings. The molecule has 7 nitrogen and oxygen atoms in total. The molecule has 1 saturated carbocycles. The summed E-state index contributed by atoms with van der Waals surface area (Å²) in [5, 5.41) is 3.55. The van der Waals surface area contributed by atoms with E-state index in [0.717, 1.165) is 42.7 Å². The van der Waals surface area contributed by atoms with Gasteiger partial charge in [0, 0.05) is 23.3 Å². The summed E-state index contributed by atoms with van der Waals surface area (Å²) in [6, 6.07) is 5.22. The summed E-state index contributed by atoms with van der Waals surface area (Å²) in [6.07, 6.45) is 6.09. The van der Waals surface area contributed by atoms with Crippen molar-refractivity contribution in [3.63, 3.8) is 0 Å². The van der Waals surface area contributed by atoms with Crippen molar-refractivity contribution < 1.29 is 18.0 Å². The first-order valence-electron chi connectivity index (χ1n) is 9.88. The van der Waals surface area contributed by atoms with Crippen molar-refractivity contribution >= 4 is 39.1 Å². The quantitative estimate of drug-likeness (QED) is 0.777. The molecule has 0 aromatic heterocycles. The monoisotopic (exact) mass is 441 g/mol. The molecular weight excluding hydrogens is 414 g/mol. The number of piperazine rings is 1. The first kappa shape index (κ1) is 22.1. The highest BCUT2D eigenvalue weighted by Gasteiger charge is 2.51. The zero-order valence-corrected chi connectivity index (χ0v) is 18.6. The largest absolute Gasteiger partial charge is 0.351 e. The van der Waals surface area contributed by atoms with Crippen molar-refractivity contribution in [1.82, 2.24) is 9.62 Å². The average molecular weight is 442 g/mol. The second kappa shape index (κ2) is 8.24. The molecule has 3 rings (SSSR count). The van der Waals surface area contributed by atoms with Crippen LogP contribution in [0.15, 0.2) is 18.2 Å². The molecule has 160 valence electrons. The number of amides is 2. The van der Waals surface area contributed by atoms with Gasteiger partial charge in [0.05, 0.1) is 12.8 Å². The third-order valence-electron chi connectivity index (χ3n) is 5.92. The van der Waals surface area contributed by atoms with Crippen LogP contribution in [-0.4, -0.2) is 55.5 Å². The number of halogens is 1. The number of carbonyl (C=O) groups is 2. The zero-order chi connectivity index (χ0) is 21.4. The van der Waals surface area contributed by atoms with Crippen molar-refractivity contribution in [3.05, 3.63) is 28.8 Å². The van der Waals surface area contributed by atoms with E-state index < -0.39 is 21.5 Å². The Balaban J connectivity index is 2.02. The van der Waals surface area contributed by atoms with Crippen molar-refractivity contribution in [1.29, 1.82) is 0 Å². The Kier molecular flexibility index (Phi) is 6.27. The average Bonchev–Trinajstić information content (AvgIpc) is 2.64. The molecular formula is C20H28ClN3O4S. The zero-order valence-electron chi connectivity index (χ0n) is 17.1. The Morgan fingerprint density at radius 1 is 1.24 bits per heavy atom. The van der Waals surface area contributed by atoms with E-state index in [-0.39, 0.29) is 25.0 Å². The van der Waals surface area contributed by atoms with Gasteiger partial charge in [-0.1, -0.05) is 36.9 Å². The minimum absolute atomic E-state index is 0.0408. The second-order valence-corrected chi connectivity index (χ2v) is 10.6. The summed E-state index contributed by atoms with van der Waals surface area (Å²) in [5.41, 5.74) is -0.186. The standard InChI is InChI=1S/C20H28ClN3O4S/c1-14-16(21)10-7-11-17(14)24-18(25)12-23(29(3,27)28)13-20(24,2)19(26)22-15-8-5-4-6-9-15/h7,10-11,15H,4-6,8-9,12-13H2,1-3H3,(H,22,26)/t20-/m0/s1. The number of nitrogens with one attached hydrogen (secondary N) is 1. The molecule has 1 aromatic carbocycles. The van der Waals surface area contributed by atoms with Gasteiger partial charge >= 0.3 is 0 Å². The lowest BCUT2D eigenvalue weighted by molar-refractivity contribution is -0.133. The van der Waals surface area contributed by atoms with Crippen LogP contribution in [0.4, 0.5) is 5.69 Å². The van der Waals surface area contributed by atoms with E-state index in [0.29, 0.717) is 16.3 Å². The summed E-state index contributed by atoms with van der Waals surface area (Å²) in [6.45, 7) is 2.99. The Hall–Kier alpha value is -1.64. The van der Waals surface area contributed by atoms with E-state index in [1.165, 1.54) is 4.90 Å². The number of nitrogens with zero attached hydrogens (tertiary/aromatic N) is 2. The second-order valence-electron chi connectivity index (χ2n) is 8.23. The Morgan fingerprint density at radius 2 is 1.90 bits per heavy atom. The van der Waals surface area contributed by atoms with Crippen molar-refractivity contribution in [2.45, 2.75) is 57.5 Å². The molecule has 1 N–H and O–H groups in total. The SMILES string of the molecule is Cc1c(Cl)cccc1N1C(=O)CN(S(C)(=O)=O)C[C@@]1(C)C(=O)NC1CCCCC1. The summed E-state index contributed by atoms with van der Waals surface area (Å²) < 4.78 is 25.5. The van der Waals surface area contributed by atoms with Gasteiger partial charge in [0.15, 0.2) is 0 Å². The molecule has 0 radical (unpaired) electrons. The molecule has 1 aromatic rings. The van der Waals surface area contributed by atoms with E-state index in [9.17, 15) is 18.0 Å². The molecule has 2 fully saturated rings. The number of hydrogen-bond acceptors (Lipinski definition) is 4. The maximum Gasteiger partial charge on any atom is 0.247 e. The van der Waals surface area contributed by atoms with Gasteiger partial charge in [-0.2, -0.15) is 4.31 Å². The van der Waals surface area contributed by atoms with Gasteiger partial charge < -0.3 is 5.32 Å².